The predicted molar refractivity (Wildman–Crippen MR) is 112 cm³/mol. The van der Waals surface area contributed by atoms with E-state index in [4.69, 9.17) is 4.74 Å². The van der Waals surface area contributed by atoms with Crippen LogP contribution in [-0.4, -0.2) is 22.1 Å². The largest absolute Gasteiger partial charge is 0.464 e. The van der Waals surface area contributed by atoms with Gasteiger partial charge in [-0.3, -0.25) is 9.36 Å². The second kappa shape index (κ2) is 7.20. The van der Waals surface area contributed by atoms with Crippen LogP contribution < -0.4 is 5.56 Å². The highest BCUT2D eigenvalue weighted by Crippen LogP contribution is 2.36. The standard InChI is InChI=1S/C20H21BrN2O3S/c1-6-26-19(25)20(4,5)23-12(3)22-17-16(18(23)24)14(10-27-17)13-9-11(2)7-8-15(13)21/h7-10H,6H2,1-5H3. The predicted octanol–water partition coefficient (Wildman–Crippen LogP) is 4.80. The molecule has 2 heterocycles. The fourth-order valence-electron chi connectivity index (χ4n) is 3.19. The lowest BCUT2D eigenvalue weighted by Crippen LogP contribution is -2.45. The number of benzene rings is 1. The van der Waals surface area contributed by atoms with Crippen LogP contribution >= 0.6 is 27.3 Å². The average Bonchev–Trinajstić information content (AvgIpc) is 3.00. The number of halogens is 1. The van der Waals surface area contributed by atoms with Crippen molar-refractivity contribution in [2.45, 2.75) is 40.2 Å². The normalized spacial score (nSPS) is 11.8. The van der Waals surface area contributed by atoms with Crippen molar-refractivity contribution >= 4 is 43.5 Å². The van der Waals surface area contributed by atoms with Gasteiger partial charge >= 0.3 is 5.97 Å². The van der Waals surface area contributed by atoms with Crippen LogP contribution in [0.4, 0.5) is 0 Å². The van der Waals surface area contributed by atoms with Crippen molar-refractivity contribution in [3.05, 3.63) is 49.8 Å². The molecule has 1 aromatic carbocycles. The number of thiophene rings is 1. The summed E-state index contributed by atoms with van der Waals surface area (Å²) in [5.41, 5.74) is 1.46. The van der Waals surface area contributed by atoms with Crippen LogP contribution in [0, 0.1) is 13.8 Å². The summed E-state index contributed by atoms with van der Waals surface area (Å²) >= 11 is 5.01. The molecule has 0 aliphatic rings. The number of carbonyl (C=O) groups excluding carboxylic acids is 1. The zero-order chi connectivity index (χ0) is 19.9. The van der Waals surface area contributed by atoms with Crippen molar-refractivity contribution in [2.75, 3.05) is 6.61 Å². The zero-order valence-corrected chi connectivity index (χ0v) is 18.3. The van der Waals surface area contributed by atoms with E-state index in [9.17, 15) is 9.59 Å². The van der Waals surface area contributed by atoms with Gasteiger partial charge in [-0.1, -0.05) is 33.6 Å². The van der Waals surface area contributed by atoms with Crippen molar-refractivity contribution < 1.29 is 9.53 Å². The van der Waals surface area contributed by atoms with Crippen LogP contribution in [0.2, 0.25) is 0 Å². The average molecular weight is 449 g/mol. The minimum absolute atomic E-state index is 0.236. The van der Waals surface area contributed by atoms with Crippen molar-refractivity contribution in [2.24, 2.45) is 0 Å². The van der Waals surface area contributed by atoms with Gasteiger partial charge in [-0.05, 0) is 46.2 Å². The fourth-order valence-corrected chi connectivity index (χ4v) is 4.63. The molecule has 0 saturated heterocycles. The molecule has 0 unspecified atom stereocenters. The molecule has 3 rings (SSSR count). The molecule has 5 nitrogen and oxygen atoms in total. The summed E-state index contributed by atoms with van der Waals surface area (Å²) in [6.45, 7) is 9.12. The van der Waals surface area contributed by atoms with Crippen LogP contribution in [0.1, 0.15) is 32.2 Å². The first-order chi connectivity index (χ1) is 12.7. The van der Waals surface area contributed by atoms with Gasteiger partial charge in [0.15, 0.2) is 0 Å². The molecule has 142 valence electrons. The molecule has 2 aromatic heterocycles. The third kappa shape index (κ3) is 3.34. The molecule has 3 aromatic rings. The molecule has 0 radical (unpaired) electrons. The number of hydrogen-bond donors (Lipinski definition) is 0. The molecule has 0 fully saturated rings. The monoisotopic (exact) mass is 448 g/mol. The van der Waals surface area contributed by atoms with E-state index in [0.29, 0.717) is 16.0 Å². The first-order valence-corrected chi connectivity index (χ1v) is 10.3. The van der Waals surface area contributed by atoms with E-state index in [1.165, 1.54) is 15.9 Å². The Labute approximate surface area is 170 Å². The second-order valence-electron chi connectivity index (χ2n) is 6.89. The number of aryl methyl sites for hydroxylation is 2. The van der Waals surface area contributed by atoms with E-state index in [1.807, 2.05) is 30.5 Å². The number of esters is 1. The van der Waals surface area contributed by atoms with Crippen molar-refractivity contribution in [3.8, 4) is 11.1 Å². The van der Waals surface area contributed by atoms with Crippen LogP contribution in [0.3, 0.4) is 0 Å². The summed E-state index contributed by atoms with van der Waals surface area (Å²) in [5.74, 6) is 0.0344. The van der Waals surface area contributed by atoms with Crippen LogP contribution in [0.25, 0.3) is 21.3 Å². The molecule has 0 aliphatic carbocycles. The van der Waals surface area contributed by atoms with Gasteiger partial charge in [0, 0.05) is 15.4 Å². The Morgan fingerprint density at radius 3 is 2.67 bits per heavy atom. The van der Waals surface area contributed by atoms with Gasteiger partial charge in [0.25, 0.3) is 5.56 Å². The Kier molecular flexibility index (Phi) is 5.27. The third-order valence-corrected chi connectivity index (χ3v) is 6.09. The Morgan fingerprint density at radius 2 is 2.00 bits per heavy atom. The van der Waals surface area contributed by atoms with E-state index in [2.05, 4.69) is 20.9 Å². The summed E-state index contributed by atoms with van der Waals surface area (Å²) in [6, 6.07) is 6.01. The fraction of sp³-hybridized carbons (Fsp3) is 0.350. The number of carbonyl (C=O) groups is 1. The lowest BCUT2D eigenvalue weighted by molar-refractivity contribution is -0.152. The van der Waals surface area contributed by atoms with Gasteiger partial charge in [-0.2, -0.15) is 0 Å². The van der Waals surface area contributed by atoms with Gasteiger partial charge in [0.05, 0.1) is 12.0 Å². The minimum atomic E-state index is -1.15. The second-order valence-corrected chi connectivity index (χ2v) is 8.60. The maximum absolute atomic E-state index is 13.5. The summed E-state index contributed by atoms with van der Waals surface area (Å²) < 4.78 is 7.53. The first kappa shape index (κ1) is 19.8. The molecule has 0 saturated carbocycles. The quantitative estimate of drug-likeness (QED) is 0.537. The minimum Gasteiger partial charge on any atom is -0.464 e. The van der Waals surface area contributed by atoms with Crippen molar-refractivity contribution in [3.63, 3.8) is 0 Å². The van der Waals surface area contributed by atoms with Crippen molar-refractivity contribution in [1.29, 1.82) is 0 Å². The third-order valence-electron chi connectivity index (χ3n) is 4.52. The molecule has 0 amide bonds. The highest BCUT2D eigenvalue weighted by atomic mass is 79.9. The Hall–Kier alpha value is -1.99. The Balaban J connectivity index is 2.32. The summed E-state index contributed by atoms with van der Waals surface area (Å²) in [6.07, 6.45) is 0. The van der Waals surface area contributed by atoms with Crippen LogP contribution in [-0.2, 0) is 15.1 Å². The maximum Gasteiger partial charge on any atom is 0.331 e. The Bertz CT molecular complexity index is 1100. The molecule has 0 atom stereocenters. The van der Waals surface area contributed by atoms with E-state index >= 15 is 0 Å². The van der Waals surface area contributed by atoms with Crippen LogP contribution in [0.5, 0.6) is 0 Å². The Morgan fingerprint density at radius 1 is 1.30 bits per heavy atom. The van der Waals surface area contributed by atoms with E-state index < -0.39 is 11.5 Å². The summed E-state index contributed by atoms with van der Waals surface area (Å²) in [4.78, 5) is 31.2. The molecule has 0 aliphatic heterocycles. The molecule has 0 spiro atoms. The first-order valence-electron chi connectivity index (χ1n) is 8.63. The summed E-state index contributed by atoms with van der Waals surface area (Å²) in [7, 11) is 0. The van der Waals surface area contributed by atoms with Crippen molar-refractivity contribution in [1.82, 2.24) is 9.55 Å². The molecule has 0 bridgehead atoms. The molecule has 27 heavy (non-hydrogen) atoms. The van der Waals surface area contributed by atoms with Gasteiger partial charge in [-0.25, -0.2) is 9.78 Å². The van der Waals surface area contributed by atoms with Gasteiger partial charge in [-0.15, -0.1) is 11.3 Å². The highest BCUT2D eigenvalue weighted by Gasteiger charge is 2.35. The van der Waals surface area contributed by atoms with E-state index in [0.717, 1.165) is 21.2 Å². The number of aromatic nitrogens is 2. The zero-order valence-electron chi connectivity index (χ0n) is 15.9. The number of nitrogens with zero attached hydrogens (tertiary/aromatic N) is 2. The molecular weight excluding hydrogens is 428 g/mol. The van der Waals surface area contributed by atoms with Crippen LogP contribution in [0.15, 0.2) is 32.8 Å². The van der Waals surface area contributed by atoms with E-state index in [1.54, 1.807) is 27.7 Å². The smallest absolute Gasteiger partial charge is 0.331 e. The number of ether oxygens (including phenoxy) is 1. The van der Waals surface area contributed by atoms with Gasteiger partial charge in [0.1, 0.15) is 16.2 Å². The topological polar surface area (TPSA) is 61.2 Å². The number of rotatable bonds is 4. The molecular formula is C20H21BrN2O3S. The lowest BCUT2D eigenvalue weighted by atomic mass is 10.0. The number of hydrogen-bond acceptors (Lipinski definition) is 5. The number of fused-ring (bicyclic) bond motifs is 1. The van der Waals surface area contributed by atoms with E-state index in [-0.39, 0.29) is 12.2 Å². The summed E-state index contributed by atoms with van der Waals surface area (Å²) in [5, 5.41) is 2.47. The van der Waals surface area contributed by atoms with Gasteiger partial charge < -0.3 is 4.74 Å². The maximum atomic E-state index is 13.5. The lowest BCUT2D eigenvalue weighted by Gasteiger charge is -2.26. The SMILES string of the molecule is CCOC(=O)C(C)(C)n1c(C)nc2scc(-c3cc(C)ccc3Br)c2c1=O. The molecule has 0 N–H and O–H groups in total. The molecule has 7 heteroatoms. The highest BCUT2D eigenvalue weighted by molar-refractivity contribution is 9.10. The van der Waals surface area contributed by atoms with Gasteiger partial charge in [0.2, 0.25) is 0 Å².